The minimum atomic E-state index is -3.69. The standard InChI is InChI=1S/C12H15BrFNO4S/c1-3-19-12(16)4-5-20(17,18)15-11-7-9(13)10(14)6-8(11)2/h6-7,15H,3-5H2,1-2H3. The van der Waals surface area contributed by atoms with Crippen LogP contribution < -0.4 is 4.72 Å². The zero-order valence-corrected chi connectivity index (χ0v) is 13.5. The average molecular weight is 368 g/mol. The number of aryl methyl sites for hydroxylation is 1. The second-order valence-electron chi connectivity index (χ2n) is 4.06. The molecule has 8 heteroatoms. The van der Waals surface area contributed by atoms with Crippen molar-refractivity contribution in [1.29, 1.82) is 0 Å². The Bertz CT molecular complexity index is 604. The minimum Gasteiger partial charge on any atom is -0.466 e. The van der Waals surface area contributed by atoms with E-state index in [-0.39, 0.29) is 28.9 Å². The normalized spacial score (nSPS) is 11.2. The van der Waals surface area contributed by atoms with E-state index in [4.69, 9.17) is 0 Å². The molecule has 0 amide bonds. The van der Waals surface area contributed by atoms with Gasteiger partial charge in [-0.25, -0.2) is 12.8 Å². The zero-order chi connectivity index (χ0) is 15.3. The van der Waals surface area contributed by atoms with Crippen molar-refractivity contribution < 1.29 is 22.3 Å². The first-order valence-electron chi connectivity index (χ1n) is 5.87. The maximum atomic E-state index is 13.2. The topological polar surface area (TPSA) is 72.5 Å². The molecule has 0 aliphatic rings. The molecule has 0 saturated carbocycles. The predicted molar refractivity (Wildman–Crippen MR) is 77.5 cm³/mol. The number of hydrogen-bond donors (Lipinski definition) is 1. The number of hydrogen-bond acceptors (Lipinski definition) is 4. The van der Waals surface area contributed by atoms with Gasteiger partial charge >= 0.3 is 5.97 Å². The van der Waals surface area contributed by atoms with Crippen LogP contribution in [0.4, 0.5) is 10.1 Å². The van der Waals surface area contributed by atoms with E-state index >= 15 is 0 Å². The zero-order valence-electron chi connectivity index (χ0n) is 11.1. The smallest absolute Gasteiger partial charge is 0.306 e. The molecule has 20 heavy (non-hydrogen) atoms. The van der Waals surface area contributed by atoms with Crippen LogP contribution in [0.25, 0.3) is 0 Å². The van der Waals surface area contributed by atoms with Crippen molar-refractivity contribution in [2.75, 3.05) is 17.1 Å². The van der Waals surface area contributed by atoms with E-state index in [2.05, 4.69) is 25.4 Å². The van der Waals surface area contributed by atoms with Crippen LogP contribution in [0.15, 0.2) is 16.6 Å². The molecule has 0 fully saturated rings. The van der Waals surface area contributed by atoms with Crippen LogP contribution >= 0.6 is 15.9 Å². The SMILES string of the molecule is CCOC(=O)CCS(=O)(=O)Nc1cc(Br)c(F)cc1C. The van der Waals surface area contributed by atoms with Crippen molar-refractivity contribution in [3.05, 3.63) is 28.0 Å². The number of sulfonamides is 1. The summed E-state index contributed by atoms with van der Waals surface area (Å²) in [5, 5.41) is 0. The Morgan fingerprint density at radius 1 is 1.45 bits per heavy atom. The third kappa shape index (κ3) is 5.09. The van der Waals surface area contributed by atoms with Crippen molar-refractivity contribution in [3.8, 4) is 0 Å². The molecular formula is C12H15BrFNO4S. The van der Waals surface area contributed by atoms with Crippen molar-refractivity contribution in [3.63, 3.8) is 0 Å². The summed E-state index contributed by atoms with van der Waals surface area (Å²) in [5.74, 6) is -1.44. The third-order valence-corrected chi connectivity index (χ3v) is 4.29. The number of anilines is 1. The number of carbonyl (C=O) groups is 1. The fraction of sp³-hybridized carbons (Fsp3) is 0.417. The highest BCUT2D eigenvalue weighted by Crippen LogP contribution is 2.25. The fourth-order valence-electron chi connectivity index (χ4n) is 1.43. The molecule has 0 aliphatic carbocycles. The molecule has 0 radical (unpaired) electrons. The number of rotatable bonds is 6. The molecule has 112 valence electrons. The molecule has 0 atom stereocenters. The summed E-state index contributed by atoms with van der Waals surface area (Å²) >= 11 is 2.99. The molecule has 0 aromatic heterocycles. The second-order valence-corrected chi connectivity index (χ2v) is 6.75. The van der Waals surface area contributed by atoms with Gasteiger partial charge in [-0.3, -0.25) is 9.52 Å². The first-order valence-corrected chi connectivity index (χ1v) is 8.31. The van der Waals surface area contributed by atoms with E-state index in [0.717, 1.165) is 0 Å². The maximum absolute atomic E-state index is 13.2. The summed E-state index contributed by atoms with van der Waals surface area (Å²) in [6.07, 6.45) is -0.232. The summed E-state index contributed by atoms with van der Waals surface area (Å²) < 4.78 is 44.0. The van der Waals surface area contributed by atoms with Gasteiger partial charge in [0, 0.05) is 0 Å². The van der Waals surface area contributed by atoms with E-state index in [1.807, 2.05) is 0 Å². The molecular weight excluding hydrogens is 353 g/mol. The van der Waals surface area contributed by atoms with Crippen LogP contribution in [0.5, 0.6) is 0 Å². The van der Waals surface area contributed by atoms with Crippen LogP contribution in [0.1, 0.15) is 18.9 Å². The Morgan fingerprint density at radius 3 is 2.70 bits per heavy atom. The van der Waals surface area contributed by atoms with Crippen LogP contribution in [0.3, 0.4) is 0 Å². The molecule has 0 aliphatic heterocycles. The number of nitrogens with one attached hydrogen (secondary N) is 1. The third-order valence-electron chi connectivity index (χ3n) is 2.41. The van der Waals surface area contributed by atoms with Gasteiger partial charge in [0.15, 0.2) is 0 Å². The van der Waals surface area contributed by atoms with Gasteiger partial charge in [-0.05, 0) is 47.5 Å². The monoisotopic (exact) mass is 367 g/mol. The Balaban J connectivity index is 2.76. The largest absolute Gasteiger partial charge is 0.466 e. The van der Waals surface area contributed by atoms with Gasteiger partial charge in [-0.1, -0.05) is 0 Å². The molecule has 1 N–H and O–H groups in total. The van der Waals surface area contributed by atoms with Crippen molar-refractivity contribution in [2.45, 2.75) is 20.3 Å². The molecule has 0 heterocycles. The number of esters is 1. The summed E-state index contributed by atoms with van der Waals surface area (Å²) in [6, 6.07) is 2.56. The molecule has 1 aromatic carbocycles. The summed E-state index contributed by atoms with van der Waals surface area (Å²) in [5.41, 5.74) is 0.715. The lowest BCUT2D eigenvalue weighted by Crippen LogP contribution is -2.20. The van der Waals surface area contributed by atoms with Crippen LogP contribution in [-0.4, -0.2) is 26.7 Å². The number of benzene rings is 1. The fourth-order valence-corrected chi connectivity index (χ4v) is 2.86. The molecule has 0 unspecified atom stereocenters. The lowest BCUT2D eigenvalue weighted by molar-refractivity contribution is -0.142. The Morgan fingerprint density at radius 2 is 2.10 bits per heavy atom. The van der Waals surface area contributed by atoms with Gasteiger partial charge < -0.3 is 4.74 Å². The quantitative estimate of drug-likeness (QED) is 0.784. The van der Waals surface area contributed by atoms with Crippen LogP contribution in [0, 0.1) is 12.7 Å². The molecule has 0 spiro atoms. The predicted octanol–water partition coefficient (Wildman–Crippen LogP) is 2.59. The second kappa shape index (κ2) is 7.03. The lowest BCUT2D eigenvalue weighted by Gasteiger charge is -2.11. The maximum Gasteiger partial charge on any atom is 0.306 e. The van der Waals surface area contributed by atoms with Crippen LogP contribution in [-0.2, 0) is 19.6 Å². The van der Waals surface area contributed by atoms with E-state index in [1.165, 1.54) is 12.1 Å². The Kier molecular flexibility index (Phi) is 5.94. The minimum absolute atomic E-state index is 0.159. The molecule has 0 saturated heterocycles. The van der Waals surface area contributed by atoms with E-state index in [9.17, 15) is 17.6 Å². The Hall–Kier alpha value is -1.15. The lowest BCUT2D eigenvalue weighted by atomic mass is 10.2. The highest BCUT2D eigenvalue weighted by atomic mass is 79.9. The van der Waals surface area contributed by atoms with E-state index < -0.39 is 21.8 Å². The molecule has 1 aromatic rings. The van der Waals surface area contributed by atoms with Gasteiger partial charge in [-0.2, -0.15) is 0 Å². The highest BCUT2D eigenvalue weighted by molar-refractivity contribution is 9.10. The van der Waals surface area contributed by atoms with Crippen molar-refractivity contribution >= 4 is 37.6 Å². The van der Waals surface area contributed by atoms with Crippen molar-refractivity contribution in [2.24, 2.45) is 0 Å². The van der Waals surface area contributed by atoms with Crippen LogP contribution in [0.2, 0.25) is 0 Å². The number of carbonyl (C=O) groups excluding carboxylic acids is 1. The summed E-state index contributed by atoms with van der Waals surface area (Å²) in [6.45, 7) is 3.43. The first-order chi connectivity index (χ1) is 9.25. The average Bonchev–Trinajstić information content (AvgIpc) is 2.34. The van der Waals surface area contributed by atoms with Gasteiger partial charge in [0.25, 0.3) is 0 Å². The van der Waals surface area contributed by atoms with E-state index in [1.54, 1.807) is 13.8 Å². The number of halogens is 2. The van der Waals surface area contributed by atoms with Gasteiger partial charge in [0.05, 0.1) is 28.9 Å². The molecule has 5 nitrogen and oxygen atoms in total. The van der Waals surface area contributed by atoms with Gasteiger partial charge in [-0.15, -0.1) is 0 Å². The summed E-state index contributed by atoms with van der Waals surface area (Å²) in [7, 11) is -3.69. The molecule has 1 rings (SSSR count). The highest BCUT2D eigenvalue weighted by Gasteiger charge is 2.16. The first kappa shape index (κ1) is 16.9. The van der Waals surface area contributed by atoms with Gasteiger partial charge in [0.1, 0.15) is 5.82 Å². The molecule has 0 bridgehead atoms. The van der Waals surface area contributed by atoms with Gasteiger partial charge in [0.2, 0.25) is 10.0 Å². The van der Waals surface area contributed by atoms with E-state index in [0.29, 0.717) is 5.56 Å². The summed E-state index contributed by atoms with van der Waals surface area (Å²) in [4.78, 5) is 11.1. The Labute approximate surface area is 125 Å². The number of ether oxygens (including phenoxy) is 1. The van der Waals surface area contributed by atoms with Crippen molar-refractivity contribution in [1.82, 2.24) is 0 Å².